The molecule has 0 bridgehead atoms. The average molecular weight is 362 g/mol. The highest BCUT2D eigenvalue weighted by molar-refractivity contribution is 9.10. The van der Waals surface area contributed by atoms with Crippen molar-refractivity contribution in [3.8, 4) is 0 Å². The molecule has 1 amide bonds. The van der Waals surface area contributed by atoms with Gasteiger partial charge < -0.3 is 4.90 Å². The largest absolute Gasteiger partial charge is 0.338 e. The zero-order valence-corrected chi connectivity index (χ0v) is 13.2. The lowest BCUT2D eigenvalue weighted by atomic mass is 9.99. The number of amides is 1. The van der Waals surface area contributed by atoms with Crippen molar-refractivity contribution in [3.63, 3.8) is 0 Å². The van der Waals surface area contributed by atoms with Crippen LogP contribution >= 0.6 is 27.5 Å². The molecule has 20 heavy (non-hydrogen) atoms. The molecule has 108 valence electrons. The van der Waals surface area contributed by atoms with Crippen LogP contribution in [0.4, 0.5) is 5.69 Å². The minimum atomic E-state index is -0.505. The molecule has 1 aromatic rings. The van der Waals surface area contributed by atoms with Crippen LogP contribution in [0.2, 0.25) is 0 Å². The summed E-state index contributed by atoms with van der Waals surface area (Å²) >= 11 is 9.34. The normalized spacial score (nSPS) is 22.6. The smallest absolute Gasteiger partial charge is 0.271 e. The Morgan fingerprint density at radius 3 is 2.80 bits per heavy atom. The van der Waals surface area contributed by atoms with Gasteiger partial charge in [-0.15, -0.1) is 11.6 Å². The third kappa shape index (κ3) is 3.30. The molecular weight excluding hydrogens is 348 g/mol. The van der Waals surface area contributed by atoms with Gasteiger partial charge in [0.25, 0.3) is 11.6 Å². The van der Waals surface area contributed by atoms with Gasteiger partial charge in [0.2, 0.25) is 0 Å². The highest BCUT2D eigenvalue weighted by atomic mass is 79.9. The highest BCUT2D eigenvalue weighted by Gasteiger charge is 2.28. The van der Waals surface area contributed by atoms with Gasteiger partial charge in [0, 0.05) is 40.6 Å². The molecule has 1 aliphatic heterocycles. The highest BCUT2D eigenvalue weighted by Crippen LogP contribution is 2.26. The summed E-state index contributed by atoms with van der Waals surface area (Å²) in [6.07, 6.45) is 0.741. The number of nitrogens with zero attached hydrogens (tertiary/aromatic N) is 2. The van der Waals surface area contributed by atoms with Crippen molar-refractivity contribution in [2.75, 3.05) is 13.1 Å². The van der Waals surface area contributed by atoms with E-state index in [0.29, 0.717) is 23.1 Å². The minimum Gasteiger partial charge on any atom is -0.338 e. The van der Waals surface area contributed by atoms with Gasteiger partial charge in [-0.1, -0.05) is 22.9 Å². The van der Waals surface area contributed by atoms with E-state index in [0.717, 1.165) is 6.42 Å². The number of hydrogen-bond acceptors (Lipinski definition) is 3. The number of carbonyl (C=O) groups excluding carboxylic acids is 1. The molecule has 2 unspecified atom stereocenters. The van der Waals surface area contributed by atoms with Gasteiger partial charge in [-0.2, -0.15) is 0 Å². The van der Waals surface area contributed by atoms with Crippen LogP contribution in [0.15, 0.2) is 22.7 Å². The topological polar surface area (TPSA) is 63.5 Å². The Bertz CT molecular complexity index is 552. The van der Waals surface area contributed by atoms with Gasteiger partial charge in [0.15, 0.2) is 0 Å². The fraction of sp³-hybridized carbons (Fsp3) is 0.462. The zero-order chi connectivity index (χ0) is 14.9. The number of nitro groups is 1. The minimum absolute atomic E-state index is 0.0795. The second-order valence-electron chi connectivity index (χ2n) is 4.99. The van der Waals surface area contributed by atoms with E-state index in [2.05, 4.69) is 15.9 Å². The first kappa shape index (κ1) is 15.3. The summed E-state index contributed by atoms with van der Waals surface area (Å²) in [6, 6.07) is 4.29. The van der Waals surface area contributed by atoms with E-state index in [4.69, 9.17) is 11.6 Å². The van der Waals surface area contributed by atoms with Gasteiger partial charge >= 0.3 is 0 Å². The second kappa shape index (κ2) is 6.10. The number of piperidine rings is 1. The van der Waals surface area contributed by atoms with Gasteiger partial charge in [0.05, 0.1) is 4.92 Å². The molecule has 1 saturated heterocycles. The molecule has 0 saturated carbocycles. The summed E-state index contributed by atoms with van der Waals surface area (Å²) in [7, 11) is 0. The number of benzene rings is 1. The summed E-state index contributed by atoms with van der Waals surface area (Å²) in [5.74, 6) is 0.0290. The van der Waals surface area contributed by atoms with Crippen molar-refractivity contribution in [2.45, 2.75) is 18.7 Å². The third-order valence-corrected chi connectivity index (χ3v) is 4.53. The van der Waals surface area contributed by atoms with E-state index in [9.17, 15) is 14.9 Å². The van der Waals surface area contributed by atoms with Crippen molar-refractivity contribution in [1.82, 2.24) is 4.90 Å². The molecule has 2 atom stereocenters. The molecule has 1 aromatic carbocycles. The average Bonchev–Trinajstić information content (AvgIpc) is 2.40. The number of alkyl halides is 1. The van der Waals surface area contributed by atoms with Crippen LogP contribution in [0, 0.1) is 16.0 Å². The number of non-ortho nitro benzene ring substituents is 1. The number of hydrogen-bond donors (Lipinski definition) is 0. The number of carbonyl (C=O) groups is 1. The Hall–Kier alpha value is -1.14. The van der Waals surface area contributed by atoms with E-state index in [-0.39, 0.29) is 22.9 Å². The maximum absolute atomic E-state index is 12.4. The van der Waals surface area contributed by atoms with E-state index in [1.807, 2.05) is 6.92 Å². The van der Waals surface area contributed by atoms with Gasteiger partial charge in [-0.05, 0) is 18.4 Å². The Morgan fingerprint density at radius 1 is 1.50 bits per heavy atom. The SMILES string of the molecule is CC1CN(C(=O)c2cc(Br)cc([N+](=O)[O-])c2)CCC1Cl. The Morgan fingerprint density at radius 2 is 2.20 bits per heavy atom. The van der Waals surface area contributed by atoms with Crippen LogP contribution in [-0.4, -0.2) is 34.2 Å². The van der Waals surface area contributed by atoms with Crippen molar-refractivity contribution in [1.29, 1.82) is 0 Å². The maximum atomic E-state index is 12.4. The predicted octanol–water partition coefficient (Wildman–Crippen LogP) is 3.45. The number of likely N-dealkylation sites (tertiary alicyclic amines) is 1. The molecular formula is C13H14BrClN2O3. The first-order valence-electron chi connectivity index (χ1n) is 6.27. The van der Waals surface area contributed by atoms with Crippen LogP contribution < -0.4 is 0 Å². The molecule has 1 heterocycles. The number of nitro benzene ring substituents is 1. The molecule has 5 nitrogen and oxygen atoms in total. The second-order valence-corrected chi connectivity index (χ2v) is 6.46. The molecule has 0 radical (unpaired) electrons. The molecule has 7 heteroatoms. The molecule has 0 spiro atoms. The molecule has 0 aromatic heterocycles. The van der Waals surface area contributed by atoms with E-state index >= 15 is 0 Å². The Kier molecular flexibility index (Phi) is 4.65. The zero-order valence-electron chi connectivity index (χ0n) is 10.9. The summed E-state index contributed by atoms with van der Waals surface area (Å²) < 4.78 is 0.523. The van der Waals surface area contributed by atoms with Crippen molar-refractivity contribution < 1.29 is 9.72 Å². The fourth-order valence-corrected chi connectivity index (χ4v) is 2.95. The predicted molar refractivity (Wildman–Crippen MR) is 80.1 cm³/mol. The molecule has 2 rings (SSSR count). The monoisotopic (exact) mass is 360 g/mol. The van der Waals surface area contributed by atoms with Crippen molar-refractivity contribution >= 4 is 39.1 Å². The third-order valence-electron chi connectivity index (χ3n) is 3.43. The van der Waals surface area contributed by atoms with Crippen LogP contribution in [0.5, 0.6) is 0 Å². The Balaban J connectivity index is 2.23. The van der Waals surface area contributed by atoms with Crippen molar-refractivity contribution in [3.05, 3.63) is 38.3 Å². The summed E-state index contributed by atoms with van der Waals surface area (Å²) in [4.78, 5) is 24.5. The van der Waals surface area contributed by atoms with Crippen LogP contribution in [-0.2, 0) is 0 Å². The summed E-state index contributed by atoms with van der Waals surface area (Å²) in [5, 5.41) is 10.9. The van der Waals surface area contributed by atoms with Gasteiger partial charge in [0.1, 0.15) is 0 Å². The van der Waals surface area contributed by atoms with E-state index in [1.54, 1.807) is 11.0 Å². The molecule has 1 fully saturated rings. The van der Waals surface area contributed by atoms with Gasteiger partial charge in [-0.3, -0.25) is 14.9 Å². The lowest BCUT2D eigenvalue weighted by molar-refractivity contribution is -0.385. The van der Waals surface area contributed by atoms with E-state index in [1.165, 1.54) is 12.1 Å². The first-order valence-corrected chi connectivity index (χ1v) is 7.49. The summed E-state index contributed by atoms with van der Waals surface area (Å²) in [5.41, 5.74) is 0.231. The van der Waals surface area contributed by atoms with Crippen LogP contribution in [0.25, 0.3) is 0 Å². The first-order chi connectivity index (χ1) is 9.38. The molecule has 0 aliphatic carbocycles. The quantitative estimate of drug-likeness (QED) is 0.460. The van der Waals surface area contributed by atoms with Crippen LogP contribution in [0.3, 0.4) is 0 Å². The van der Waals surface area contributed by atoms with Crippen molar-refractivity contribution in [2.24, 2.45) is 5.92 Å². The standard InChI is InChI=1S/C13H14BrClN2O3/c1-8-7-16(3-2-12(8)15)13(18)9-4-10(14)6-11(5-9)17(19)20/h4-6,8,12H,2-3,7H2,1H3. The van der Waals surface area contributed by atoms with Crippen LogP contribution in [0.1, 0.15) is 23.7 Å². The Labute approximate surface area is 130 Å². The maximum Gasteiger partial charge on any atom is 0.271 e. The lowest BCUT2D eigenvalue weighted by Crippen LogP contribution is -2.43. The van der Waals surface area contributed by atoms with E-state index < -0.39 is 4.92 Å². The number of halogens is 2. The fourth-order valence-electron chi connectivity index (χ4n) is 2.29. The van der Waals surface area contributed by atoms with Gasteiger partial charge in [-0.25, -0.2) is 0 Å². The molecule has 0 N–H and O–H groups in total. The summed E-state index contributed by atoms with van der Waals surface area (Å²) in [6.45, 7) is 3.16. The number of rotatable bonds is 2. The molecule has 1 aliphatic rings. The lowest BCUT2D eigenvalue weighted by Gasteiger charge is -2.34.